The van der Waals surface area contributed by atoms with Gasteiger partial charge in [-0.05, 0) is 31.4 Å². The summed E-state index contributed by atoms with van der Waals surface area (Å²) in [4.78, 5) is 20.9. The molecule has 0 aliphatic rings. The molecule has 0 bridgehead atoms. The van der Waals surface area contributed by atoms with Gasteiger partial charge in [-0.3, -0.25) is 14.9 Å². The van der Waals surface area contributed by atoms with E-state index in [-0.39, 0.29) is 5.69 Å². The van der Waals surface area contributed by atoms with E-state index in [1.165, 1.54) is 6.07 Å². The fourth-order valence-corrected chi connectivity index (χ4v) is 1.61. The van der Waals surface area contributed by atoms with Gasteiger partial charge in [-0.25, -0.2) is 0 Å². The van der Waals surface area contributed by atoms with Gasteiger partial charge in [0.05, 0.1) is 4.92 Å². The van der Waals surface area contributed by atoms with Crippen molar-refractivity contribution in [3.63, 3.8) is 0 Å². The number of hydrogen-bond donors (Lipinski definition) is 3. The Balaban J connectivity index is 2.54. The average molecular weight is 267 g/mol. The highest BCUT2D eigenvalue weighted by Gasteiger charge is 2.14. The maximum absolute atomic E-state index is 10.9. The first-order valence-corrected chi connectivity index (χ1v) is 5.89. The molecule has 7 nitrogen and oxygen atoms in total. The number of rotatable bonds is 7. The maximum atomic E-state index is 10.9. The summed E-state index contributed by atoms with van der Waals surface area (Å²) in [7, 11) is 0. The predicted molar refractivity (Wildman–Crippen MR) is 71.2 cm³/mol. The van der Waals surface area contributed by atoms with Gasteiger partial charge < -0.3 is 16.2 Å². The van der Waals surface area contributed by atoms with Gasteiger partial charge >= 0.3 is 5.97 Å². The van der Waals surface area contributed by atoms with E-state index >= 15 is 0 Å². The number of aryl methyl sites for hydroxylation is 1. The molecule has 1 rings (SSSR count). The van der Waals surface area contributed by atoms with Crippen LogP contribution >= 0.6 is 0 Å². The van der Waals surface area contributed by atoms with Crippen LogP contribution in [0, 0.1) is 17.0 Å². The second kappa shape index (κ2) is 6.69. The SMILES string of the molecule is Cc1ccc(NCCC[C@@H](N)C(=O)O)c([N+](=O)[O-])c1. The van der Waals surface area contributed by atoms with Gasteiger partial charge in [-0.2, -0.15) is 0 Å². The van der Waals surface area contributed by atoms with Gasteiger partial charge in [0.1, 0.15) is 11.7 Å². The van der Waals surface area contributed by atoms with Crippen LogP contribution in [0.2, 0.25) is 0 Å². The number of benzene rings is 1. The van der Waals surface area contributed by atoms with Crippen LogP contribution in [0.3, 0.4) is 0 Å². The van der Waals surface area contributed by atoms with Crippen LogP contribution in [0.4, 0.5) is 11.4 Å². The molecule has 0 aliphatic carbocycles. The maximum Gasteiger partial charge on any atom is 0.320 e. The third-order valence-corrected chi connectivity index (χ3v) is 2.67. The highest BCUT2D eigenvalue weighted by atomic mass is 16.6. The van der Waals surface area contributed by atoms with Crippen molar-refractivity contribution in [3.05, 3.63) is 33.9 Å². The lowest BCUT2D eigenvalue weighted by Gasteiger charge is -2.09. The van der Waals surface area contributed by atoms with E-state index in [0.29, 0.717) is 25.1 Å². The van der Waals surface area contributed by atoms with Crippen molar-refractivity contribution in [2.24, 2.45) is 5.73 Å². The van der Waals surface area contributed by atoms with Gasteiger partial charge in [0, 0.05) is 12.6 Å². The molecule has 0 saturated carbocycles. The predicted octanol–water partition coefficient (Wildman–Crippen LogP) is 1.51. The van der Waals surface area contributed by atoms with E-state index in [4.69, 9.17) is 10.8 Å². The van der Waals surface area contributed by atoms with Gasteiger partial charge in [-0.15, -0.1) is 0 Å². The minimum absolute atomic E-state index is 0.0162. The minimum Gasteiger partial charge on any atom is -0.480 e. The monoisotopic (exact) mass is 267 g/mol. The zero-order valence-electron chi connectivity index (χ0n) is 10.6. The van der Waals surface area contributed by atoms with Crippen LogP contribution in [-0.4, -0.2) is 28.6 Å². The van der Waals surface area contributed by atoms with E-state index < -0.39 is 16.9 Å². The van der Waals surface area contributed by atoms with Crippen LogP contribution in [-0.2, 0) is 4.79 Å². The Morgan fingerprint density at radius 3 is 2.84 bits per heavy atom. The summed E-state index contributed by atoms with van der Waals surface area (Å²) in [5, 5.41) is 22.4. The van der Waals surface area contributed by atoms with Crippen molar-refractivity contribution in [2.75, 3.05) is 11.9 Å². The zero-order valence-corrected chi connectivity index (χ0v) is 10.6. The number of nitrogens with one attached hydrogen (secondary N) is 1. The molecule has 0 aromatic heterocycles. The molecule has 1 atom stereocenters. The van der Waals surface area contributed by atoms with E-state index in [0.717, 1.165) is 5.56 Å². The van der Waals surface area contributed by atoms with E-state index in [2.05, 4.69) is 5.32 Å². The Morgan fingerprint density at radius 1 is 1.58 bits per heavy atom. The normalized spacial score (nSPS) is 11.9. The molecule has 0 saturated heterocycles. The van der Waals surface area contributed by atoms with Crippen molar-refractivity contribution in [1.82, 2.24) is 0 Å². The molecule has 0 aliphatic heterocycles. The van der Waals surface area contributed by atoms with Crippen LogP contribution < -0.4 is 11.1 Å². The topological polar surface area (TPSA) is 118 Å². The van der Waals surface area contributed by atoms with Crippen LogP contribution in [0.5, 0.6) is 0 Å². The summed E-state index contributed by atoms with van der Waals surface area (Å²) in [5.41, 5.74) is 6.62. The fraction of sp³-hybridized carbons (Fsp3) is 0.417. The van der Waals surface area contributed by atoms with Crippen molar-refractivity contribution in [2.45, 2.75) is 25.8 Å². The Hall–Kier alpha value is -2.15. The molecule has 19 heavy (non-hydrogen) atoms. The highest BCUT2D eigenvalue weighted by molar-refractivity contribution is 5.73. The summed E-state index contributed by atoms with van der Waals surface area (Å²) >= 11 is 0. The Labute approximate surface area is 110 Å². The Morgan fingerprint density at radius 2 is 2.26 bits per heavy atom. The summed E-state index contributed by atoms with van der Waals surface area (Å²) in [6.45, 7) is 2.22. The van der Waals surface area contributed by atoms with Crippen LogP contribution in [0.25, 0.3) is 0 Å². The zero-order chi connectivity index (χ0) is 14.4. The van der Waals surface area contributed by atoms with E-state index in [1.807, 2.05) is 0 Å². The Kier molecular flexibility index (Phi) is 5.25. The first-order chi connectivity index (χ1) is 8.91. The minimum atomic E-state index is -1.04. The number of nitrogens with zero attached hydrogens (tertiary/aromatic N) is 1. The molecule has 0 spiro atoms. The van der Waals surface area contributed by atoms with E-state index in [1.54, 1.807) is 19.1 Å². The third kappa shape index (κ3) is 4.55. The van der Waals surface area contributed by atoms with Crippen molar-refractivity contribution >= 4 is 17.3 Å². The molecule has 7 heteroatoms. The molecule has 1 aromatic rings. The number of carboxylic acids is 1. The highest BCUT2D eigenvalue weighted by Crippen LogP contribution is 2.25. The van der Waals surface area contributed by atoms with Gasteiger partial charge in [0.25, 0.3) is 5.69 Å². The second-order valence-corrected chi connectivity index (χ2v) is 4.29. The number of anilines is 1. The number of hydrogen-bond acceptors (Lipinski definition) is 5. The van der Waals surface area contributed by atoms with Crippen molar-refractivity contribution in [3.8, 4) is 0 Å². The van der Waals surface area contributed by atoms with Gasteiger partial charge in [0.2, 0.25) is 0 Å². The number of nitro benzene ring substituents is 1. The standard InChI is InChI=1S/C12H17N3O4/c1-8-4-5-10(11(7-8)15(18)19)14-6-2-3-9(13)12(16)17/h4-5,7,9,14H,2-3,6,13H2,1H3,(H,16,17)/t9-/m1/s1. The molecular formula is C12H17N3O4. The number of carbonyl (C=O) groups is 1. The smallest absolute Gasteiger partial charge is 0.320 e. The molecule has 0 heterocycles. The third-order valence-electron chi connectivity index (χ3n) is 2.67. The van der Waals surface area contributed by atoms with E-state index in [9.17, 15) is 14.9 Å². The van der Waals surface area contributed by atoms with Crippen molar-refractivity contribution in [1.29, 1.82) is 0 Å². The first kappa shape index (κ1) is 14.9. The lowest BCUT2D eigenvalue weighted by molar-refractivity contribution is -0.384. The summed E-state index contributed by atoms with van der Waals surface area (Å²) in [6.07, 6.45) is 0.848. The molecule has 0 radical (unpaired) electrons. The molecule has 4 N–H and O–H groups in total. The van der Waals surface area contributed by atoms with Crippen molar-refractivity contribution < 1.29 is 14.8 Å². The molecule has 0 fully saturated rings. The average Bonchev–Trinajstić information content (AvgIpc) is 2.35. The molecule has 1 aromatic carbocycles. The molecule has 0 unspecified atom stereocenters. The fourth-order valence-electron chi connectivity index (χ4n) is 1.61. The molecule has 0 amide bonds. The summed E-state index contributed by atoms with van der Waals surface area (Å²) in [5.74, 6) is -1.04. The molecular weight excluding hydrogens is 250 g/mol. The lowest BCUT2D eigenvalue weighted by Crippen LogP contribution is -2.30. The lowest BCUT2D eigenvalue weighted by atomic mass is 10.1. The quantitative estimate of drug-likeness (QED) is 0.391. The van der Waals surface area contributed by atoms with Crippen LogP contribution in [0.15, 0.2) is 18.2 Å². The number of aliphatic carboxylic acids is 1. The Bertz CT molecular complexity index is 476. The van der Waals surface area contributed by atoms with Gasteiger partial charge in [-0.1, -0.05) is 6.07 Å². The first-order valence-electron chi connectivity index (χ1n) is 5.89. The molecule has 104 valence electrons. The van der Waals surface area contributed by atoms with Gasteiger partial charge in [0.15, 0.2) is 0 Å². The number of nitro groups is 1. The summed E-state index contributed by atoms with van der Waals surface area (Å²) in [6, 6.07) is 4.02. The number of carboxylic acid groups (broad SMARTS) is 1. The second-order valence-electron chi connectivity index (χ2n) is 4.29. The largest absolute Gasteiger partial charge is 0.480 e. The number of nitrogens with two attached hydrogens (primary N) is 1. The van der Waals surface area contributed by atoms with Crippen LogP contribution in [0.1, 0.15) is 18.4 Å². The summed E-state index contributed by atoms with van der Waals surface area (Å²) < 4.78 is 0.